The van der Waals surface area contributed by atoms with Gasteiger partial charge in [-0.3, -0.25) is 4.79 Å². The molecule has 2 rings (SSSR count). The topological polar surface area (TPSA) is 46.5 Å². The number of ether oxygens (including phenoxy) is 1. The van der Waals surface area contributed by atoms with Crippen molar-refractivity contribution in [2.45, 2.75) is 12.3 Å². The van der Waals surface area contributed by atoms with E-state index < -0.39 is 11.9 Å². The molecule has 2 aromatic rings. The molecule has 104 valence electrons. The molecule has 1 atom stereocenters. The van der Waals surface area contributed by atoms with Crippen molar-refractivity contribution in [1.29, 1.82) is 0 Å². The van der Waals surface area contributed by atoms with Crippen LogP contribution >= 0.6 is 0 Å². The largest absolute Gasteiger partial charge is 0.496 e. The van der Waals surface area contributed by atoms with Crippen LogP contribution in [0.25, 0.3) is 0 Å². The Morgan fingerprint density at radius 3 is 2.45 bits per heavy atom. The number of halogens is 1. The summed E-state index contributed by atoms with van der Waals surface area (Å²) in [6.07, 6.45) is 0.288. The Labute approximate surface area is 116 Å². The first kappa shape index (κ1) is 14.1. The average Bonchev–Trinajstić information content (AvgIpc) is 2.46. The summed E-state index contributed by atoms with van der Waals surface area (Å²) in [6, 6.07) is 12.9. The Morgan fingerprint density at radius 1 is 1.20 bits per heavy atom. The molecule has 0 saturated heterocycles. The van der Waals surface area contributed by atoms with Crippen molar-refractivity contribution in [3.63, 3.8) is 0 Å². The molecule has 0 unspecified atom stereocenters. The number of benzene rings is 2. The maximum atomic E-state index is 12.9. The Bertz CT molecular complexity index is 593. The third-order valence-corrected chi connectivity index (χ3v) is 3.17. The zero-order valence-corrected chi connectivity index (χ0v) is 11.0. The number of hydrogen-bond donors (Lipinski definition) is 1. The fourth-order valence-corrected chi connectivity index (χ4v) is 2.14. The van der Waals surface area contributed by atoms with Gasteiger partial charge in [-0.2, -0.15) is 0 Å². The first-order chi connectivity index (χ1) is 9.61. The highest BCUT2D eigenvalue weighted by atomic mass is 19.1. The van der Waals surface area contributed by atoms with Gasteiger partial charge in [0, 0.05) is 5.56 Å². The predicted molar refractivity (Wildman–Crippen MR) is 73.5 cm³/mol. The van der Waals surface area contributed by atoms with Crippen LogP contribution in [0.3, 0.4) is 0 Å². The first-order valence-electron chi connectivity index (χ1n) is 6.22. The van der Waals surface area contributed by atoms with E-state index in [2.05, 4.69) is 0 Å². The van der Waals surface area contributed by atoms with Crippen molar-refractivity contribution in [2.24, 2.45) is 0 Å². The van der Waals surface area contributed by atoms with E-state index >= 15 is 0 Å². The molecule has 0 aliphatic rings. The average molecular weight is 274 g/mol. The van der Waals surface area contributed by atoms with Gasteiger partial charge >= 0.3 is 5.97 Å². The van der Waals surface area contributed by atoms with E-state index in [0.717, 1.165) is 5.56 Å². The van der Waals surface area contributed by atoms with Gasteiger partial charge < -0.3 is 9.84 Å². The molecule has 0 aromatic heterocycles. The number of carbonyl (C=O) groups is 1. The van der Waals surface area contributed by atoms with Crippen molar-refractivity contribution in [1.82, 2.24) is 0 Å². The maximum absolute atomic E-state index is 12.9. The summed E-state index contributed by atoms with van der Waals surface area (Å²) in [5, 5.41) is 9.43. The molecule has 0 radical (unpaired) electrons. The molecule has 2 aromatic carbocycles. The summed E-state index contributed by atoms with van der Waals surface area (Å²) in [7, 11) is 1.51. The first-order valence-corrected chi connectivity index (χ1v) is 6.22. The van der Waals surface area contributed by atoms with Gasteiger partial charge in [-0.25, -0.2) is 4.39 Å². The second-order valence-electron chi connectivity index (χ2n) is 4.46. The standard InChI is InChI=1S/C16H15FO3/c1-20-15-5-3-2-4-13(15)14(16(18)19)10-11-6-8-12(17)9-7-11/h2-9,14H,10H2,1H3,(H,18,19)/t14-/m0/s1. The SMILES string of the molecule is COc1ccccc1[C@H](Cc1ccc(F)cc1)C(=O)O. The molecule has 0 amide bonds. The van der Waals surface area contributed by atoms with Crippen molar-refractivity contribution in [3.05, 3.63) is 65.5 Å². The molecule has 3 nitrogen and oxygen atoms in total. The Hall–Kier alpha value is -2.36. The molecule has 0 saturated carbocycles. The molecule has 4 heteroatoms. The van der Waals surface area contributed by atoms with E-state index in [1.807, 2.05) is 0 Å². The highest BCUT2D eigenvalue weighted by Gasteiger charge is 2.23. The van der Waals surface area contributed by atoms with Crippen molar-refractivity contribution in [2.75, 3.05) is 7.11 Å². The van der Waals surface area contributed by atoms with E-state index in [9.17, 15) is 14.3 Å². The van der Waals surface area contributed by atoms with E-state index in [1.54, 1.807) is 36.4 Å². The summed E-state index contributed by atoms with van der Waals surface area (Å²) in [5.41, 5.74) is 1.39. The van der Waals surface area contributed by atoms with Crippen LogP contribution in [0.4, 0.5) is 4.39 Å². The molecule has 20 heavy (non-hydrogen) atoms. The highest BCUT2D eigenvalue weighted by Crippen LogP contribution is 2.29. The fraction of sp³-hybridized carbons (Fsp3) is 0.188. The van der Waals surface area contributed by atoms with Crippen molar-refractivity contribution >= 4 is 5.97 Å². The number of carboxylic acid groups (broad SMARTS) is 1. The van der Waals surface area contributed by atoms with Crippen LogP contribution in [0.5, 0.6) is 5.75 Å². The molecular formula is C16H15FO3. The van der Waals surface area contributed by atoms with E-state index in [-0.39, 0.29) is 12.2 Å². The molecule has 0 spiro atoms. The molecule has 0 fully saturated rings. The monoisotopic (exact) mass is 274 g/mol. The summed E-state index contributed by atoms with van der Waals surface area (Å²) in [5.74, 6) is -1.45. The van der Waals surface area contributed by atoms with Gasteiger partial charge in [0.2, 0.25) is 0 Å². The Kier molecular flexibility index (Phi) is 4.35. The van der Waals surface area contributed by atoms with E-state index in [1.165, 1.54) is 19.2 Å². The van der Waals surface area contributed by atoms with E-state index in [0.29, 0.717) is 11.3 Å². The van der Waals surface area contributed by atoms with Gasteiger partial charge in [0.05, 0.1) is 13.0 Å². The lowest BCUT2D eigenvalue weighted by molar-refractivity contribution is -0.138. The Morgan fingerprint density at radius 2 is 1.85 bits per heavy atom. The molecule has 0 heterocycles. The third-order valence-electron chi connectivity index (χ3n) is 3.17. The maximum Gasteiger partial charge on any atom is 0.311 e. The summed E-state index contributed by atoms with van der Waals surface area (Å²) in [6.45, 7) is 0. The number of carboxylic acids is 1. The van der Waals surface area contributed by atoms with Gasteiger partial charge in [0.25, 0.3) is 0 Å². The number of hydrogen-bond acceptors (Lipinski definition) is 2. The van der Waals surface area contributed by atoms with Crippen LogP contribution in [0.2, 0.25) is 0 Å². The highest BCUT2D eigenvalue weighted by molar-refractivity contribution is 5.77. The molecule has 0 aliphatic heterocycles. The summed E-state index contributed by atoms with van der Waals surface area (Å²) < 4.78 is 18.1. The quantitative estimate of drug-likeness (QED) is 0.910. The zero-order valence-electron chi connectivity index (χ0n) is 11.0. The number of para-hydroxylation sites is 1. The van der Waals surface area contributed by atoms with Crippen molar-refractivity contribution in [3.8, 4) is 5.75 Å². The van der Waals surface area contributed by atoms with Gasteiger partial charge in [-0.1, -0.05) is 30.3 Å². The predicted octanol–water partition coefficient (Wildman–Crippen LogP) is 3.25. The minimum Gasteiger partial charge on any atom is -0.496 e. The second kappa shape index (κ2) is 6.19. The second-order valence-corrected chi connectivity index (χ2v) is 4.46. The number of aliphatic carboxylic acids is 1. The summed E-state index contributed by atoms with van der Waals surface area (Å²) in [4.78, 5) is 11.5. The van der Waals surface area contributed by atoms with Gasteiger partial charge in [-0.05, 0) is 30.2 Å². The lowest BCUT2D eigenvalue weighted by Crippen LogP contribution is -2.15. The minimum atomic E-state index is -0.932. The number of rotatable bonds is 5. The van der Waals surface area contributed by atoms with Crippen molar-refractivity contribution < 1.29 is 19.0 Å². The van der Waals surface area contributed by atoms with Crippen LogP contribution in [-0.2, 0) is 11.2 Å². The number of methoxy groups -OCH3 is 1. The molecular weight excluding hydrogens is 259 g/mol. The lowest BCUT2D eigenvalue weighted by atomic mass is 9.91. The smallest absolute Gasteiger partial charge is 0.311 e. The van der Waals surface area contributed by atoms with Gasteiger partial charge in [0.15, 0.2) is 0 Å². The normalized spacial score (nSPS) is 11.9. The van der Waals surface area contributed by atoms with Gasteiger partial charge in [0.1, 0.15) is 11.6 Å². The lowest BCUT2D eigenvalue weighted by Gasteiger charge is -2.16. The molecule has 0 bridgehead atoms. The summed E-state index contributed by atoms with van der Waals surface area (Å²) >= 11 is 0. The zero-order chi connectivity index (χ0) is 14.5. The van der Waals surface area contributed by atoms with Crippen LogP contribution in [0, 0.1) is 5.82 Å². The molecule has 0 aliphatic carbocycles. The Balaban J connectivity index is 2.32. The minimum absolute atomic E-state index is 0.288. The third kappa shape index (κ3) is 3.15. The molecule has 1 N–H and O–H groups in total. The van der Waals surface area contributed by atoms with E-state index in [4.69, 9.17) is 4.74 Å². The van der Waals surface area contributed by atoms with Gasteiger partial charge in [-0.15, -0.1) is 0 Å². The van der Waals surface area contributed by atoms with Crippen LogP contribution in [0.1, 0.15) is 17.0 Å². The van der Waals surface area contributed by atoms with Crippen LogP contribution < -0.4 is 4.74 Å². The van der Waals surface area contributed by atoms with Crippen LogP contribution in [-0.4, -0.2) is 18.2 Å². The van der Waals surface area contributed by atoms with Crippen LogP contribution in [0.15, 0.2) is 48.5 Å². The fourth-order valence-electron chi connectivity index (χ4n) is 2.14.